The van der Waals surface area contributed by atoms with Crippen LogP contribution in [0.15, 0.2) is 70.0 Å². The molecule has 2 N–H and O–H groups in total. The maximum absolute atomic E-state index is 12.9. The van der Waals surface area contributed by atoms with E-state index in [9.17, 15) is 18.5 Å². The third-order valence-electron chi connectivity index (χ3n) is 3.50. The van der Waals surface area contributed by atoms with Gasteiger partial charge in [-0.05, 0) is 29.6 Å². The zero-order valence-electron chi connectivity index (χ0n) is 14.1. The van der Waals surface area contributed by atoms with Gasteiger partial charge in [0, 0.05) is 17.0 Å². The van der Waals surface area contributed by atoms with Crippen molar-refractivity contribution in [2.75, 3.05) is 10.1 Å². The van der Waals surface area contributed by atoms with Gasteiger partial charge in [0.15, 0.2) is 0 Å². The normalized spacial score (nSPS) is 11.5. The Morgan fingerprint density at radius 3 is 2.57 bits per heavy atom. The van der Waals surface area contributed by atoms with Crippen molar-refractivity contribution in [3.63, 3.8) is 0 Å². The molecule has 0 saturated heterocycles. The summed E-state index contributed by atoms with van der Waals surface area (Å²) < 4.78 is 28.1. The molecule has 0 radical (unpaired) electrons. The van der Waals surface area contributed by atoms with E-state index in [1.165, 1.54) is 41.8 Å². The number of nitrogens with one attached hydrogen (secondary N) is 2. The Hall–Kier alpha value is -2.95. The number of thiophene rings is 1. The molecule has 28 heavy (non-hydrogen) atoms. The molecular weight excluding hydrogens is 424 g/mol. The predicted molar refractivity (Wildman–Crippen MR) is 111 cm³/mol. The largest absolute Gasteiger partial charge is 0.278 e. The quantitative estimate of drug-likeness (QED) is 0.320. The minimum absolute atomic E-state index is 0.0814. The SMILES string of the molecule is O=[N+]([O-])c1ccc(N/N=C/c2cccs2)c(S(=O)(=O)Nc2ccccc2Cl)c1. The Balaban J connectivity index is 1.97. The highest BCUT2D eigenvalue weighted by atomic mass is 35.5. The van der Waals surface area contributed by atoms with Gasteiger partial charge in [0.05, 0.1) is 27.5 Å². The maximum Gasteiger partial charge on any atom is 0.270 e. The van der Waals surface area contributed by atoms with Crippen molar-refractivity contribution >= 4 is 56.2 Å². The van der Waals surface area contributed by atoms with Gasteiger partial charge in [-0.3, -0.25) is 20.3 Å². The highest BCUT2D eigenvalue weighted by molar-refractivity contribution is 7.93. The molecule has 0 aliphatic rings. The lowest BCUT2D eigenvalue weighted by molar-refractivity contribution is -0.385. The minimum Gasteiger partial charge on any atom is -0.278 e. The van der Waals surface area contributed by atoms with E-state index in [1.807, 2.05) is 17.5 Å². The Bertz CT molecular complexity index is 1130. The monoisotopic (exact) mass is 436 g/mol. The van der Waals surface area contributed by atoms with E-state index in [1.54, 1.807) is 12.1 Å². The number of nitro benzene ring substituents is 1. The molecule has 0 spiro atoms. The number of non-ortho nitro benzene ring substituents is 1. The number of hydrazone groups is 1. The maximum atomic E-state index is 12.9. The summed E-state index contributed by atoms with van der Waals surface area (Å²) in [6.07, 6.45) is 1.52. The summed E-state index contributed by atoms with van der Waals surface area (Å²) in [6.45, 7) is 0. The van der Waals surface area contributed by atoms with Crippen molar-refractivity contribution in [2.24, 2.45) is 5.10 Å². The average molecular weight is 437 g/mol. The average Bonchev–Trinajstić information content (AvgIpc) is 3.17. The first-order chi connectivity index (χ1) is 13.4. The Morgan fingerprint density at radius 2 is 1.89 bits per heavy atom. The zero-order chi connectivity index (χ0) is 20.1. The lowest BCUT2D eigenvalue weighted by Crippen LogP contribution is -2.15. The van der Waals surface area contributed by atoms with Crippen LogP contribution in [-0.2, 0) is 10.0 Å². The first-order valence-corrected chi connectivity index (χ1v) is 10.5. The van der Waals surface area contributed by atoms with E-state index < -0.39 is 14.9 Å². The predicted octanol–water partition coefficient (Wildman–Crippen LogP) is 4.56. The molecule has 1 aromatic heterocycles. The second-order valence-corrected chi connectivity index (χ2v) is 8.45. The third kappa shape index (κ3) is 4.66. The number of para-hydroxylation sites is 1. The highest BCUT2D eigenvalue weighted by Crippen LogP contribution is 2.30. The third-order valence-corrected chi connectivity index (χ3v) is 6.05. The topological polar surface area (TPSA) is 114 Å². The van der Waals surface area contributed by atoms with Crippen LogP contribution < -0.4 is 10.1 Å². The van der Waals surface area contributed by atoms with Gasteiger partial charge in [0.1, 0.15) is 4.90 Å². The highest BCUT2D eigenvalue weighted by Gasteiger charge is 2.23. The number of anilines is 2. The molecule has 144 valence electrons. The second kappa shape index (κ2) is 8.38. The number of benzene rings is 2. The fraction of sp³-hybridized carbons (Fsp3) is 0. The van der Waals surface area contributed by atoms with E-state index >= 15 is 0 Å². The molecular formula is C17H13ClN4O4S2. The zero-order valence-corrected chi connectivity index (χ0v) is 16.5. The van der Waals surface area contributed by atoms with Gasteiger partial charge < -0.3 is 0 Å². The molecule has 1 heterocycles. The van der Waals surface area contributed by atoms with Crippen LogP contribution in [0.4, 0.5) is 17.1 Å². The number of rotatable bonds is 7. The molecule has 0 saturated carbocycles. The Morgan fingerprint density at radius 1 is 1.11 bits per heavy atom. The van der Waals surface area contributed by atoms with E-state index in [-0.39, 0.29) is 27.0 Å². The molecule has 0 amide bonds. The van der Waals surface area contributed by atoms with Crippen LogP contribution >= 0.6 is 22.9 Å². The van der Waals surface area contributed by atoms with Crippen molar-refractivity contribution in [2.45, 2.75) is 4.90 Å². The van der Waals surface area contributed by atoms with Gasteiger partial charge >= 0.3 is 0 Å². The fourth-order valence-electron chi connectivity index (χ4n) is 2.21. The van der Waals surface area contributed by atoms with Crippen LogP contribution in [0.3, 0.4) is 0 Å². The lowest BCUT2D eigenvalue weighted by atomic mass is 10.3. The molecule has 0 atom stereocenters. The van der Waals surface area contributed by atoms with Crippen molar-refractivity contribution < 1.29 is 13.3 Å². The van der Waals surface area contributed by atoms with Gasteiger partial charge in [-0.2, -0.15) is 5.10 Å². The van der Waals surface area contributed by atoms with Gasteiger partial charge in [0.2, 0.25) is 0 Å². The lowest BCUT2D eigenvalue weighted by Gasteiger charge is -2.12. The molecule has 8 nitrogen and oxygen atoms in total. The van der Waals surface area contributed by atoms with Gasteiger partial charge in [-0.15, -0.1) is 11.3 Å². The van der Waals surface area contributed by atoms with Crippen LogP contribution in [-0.4, -0.2) is 19.6 Å². The molecule has 0 unspecified atom stereocenters. The molecule has 0 aliphatic heterocycles. The van der Waals surface area contributed by atoms with E-state index in [4.69, 9.17) is 11.6 Å². The van der Waals surface area contributed by atoms with Crippen LogP contribution in [0, 0.1) is 10.1 Å². The van der Waals surface area contributed by atoms with Crippen molar-refractivity contribution in [1.82, 2.24) is 0 Å². The molecule has 11 heteroatoms. The second-order valence-electron chi connectivity index (χ2n) is 5.41. The number of nitro groups is 1. The van der Waals surface area contributed by atoms with Crippen LogP contribution in [0.25, 0.3) is 0 Å². The standard InChI is InChI=1S/C17H13ClN4O4S2/c18-14-5-1-2-6-15(14)21-28(25,26)17-10-12(22(23)24)7-8-16(17)20-19-11-13-4-3-9-27-13/h1-11,20-21H/b19-11+. The first-order valence-electron chi connectivity index (χ1n) is 7.75. The van der Waals surface area contributed by atoms with E-state index in [2.05, 4.69) is 15.2 Å². The van der Waals surface area contributed by atoms with Crippen molar-refractivity contribution in [1.29, 1.82) is 0 Å². The van der Waals surface area contributed by atoms with Gasteiger partial charge in [0.25, 0.3) is 15.7 Å². The number of hydrogen-bond donors (Lipinski definition) is 2. The number of halogens is 1. The molecule has 0 fully saturated rings. The van der Waals surface area contributed by atoms with Crippen LogP contribution in [0.1, 0.15) is 4.88 Å². The van der Waals surface area contributed by atoms with E-state index in [0.29, 0.717) is 0 Å². The number of hydrogen-bond acceptors (Lipinski definition) is 7. The van der Waals surface area contributed by atoms with Gasteiger partial charge in [-0.25, -0.2) is 8.42 Å². The molecule has 3 rings (SSSR count). The number of sulfonamides is 1. The summed E-state index contributed by atoms with van der Waals surface area (Å²) in [7, 11) is -4.18. The smallest absolute Gasteiger partial charge is 0.270 e. The van der Waals surface area contributed by atoms with Crippen LogP contribution in [0.2, 0.25) is 5.02 Å². The molecule has 3 aromatic rings. The Labute approximate surface area is 169 Å². The minimum atomic E-state index is -4.18. The van der Waals surface area contributed by atoms with Crippen LogP contribution in [0.5, 0.6) is 0 Å². The summed E-state index contributed by atoms with van der Waals surface area (Å²) in [6, 6.07) is 13.4. The number of nitrogens with zero attached hydrogens (tertiary/aromatic N) is 2. The molecule has 0 aliphatic carbocycles. The summed E-state index contributed by atoms with van der Waals surface area (Å²) in [4.78, 5) is 10.9. The Kier molecular flexibility index (Phi) is 5.93. The summed E-state index contributed by atoms with van der Waals surface area (Å²) in [5, 5.41) is 17.2. The first kappa shape index (κ1) is 19.8. The fourth-order valence-corrected chi connectivity index (χ4v) is 4.29. The molecule has 2 aromatic carbocycles. The van der Waals surface area contributed by atoms with E-state index in [0.717, 1.165) is 10.9 Å². The molecule has 0 bridgehead atoms. The summed E-state index contributed by atoms with van der Waals surface area (Å²) >= 11 is 7.46. The van der Waals surface area contributed by atoms with Crippen molar-refractivity contribution in [3.8, 4) is 0 Å². The van der Waals surface area contributed by atoms with Crippen molar-refractivity contribution in [3.05, 3.63) is 80.0 Å². The summed E-state index contributed by atoms with van der Waals surface area (Å²) in [5.41, 5.74) is 2.49. The van der Waals surface area contributed by atoms with Gasteiger partial charge in [-0.1, -0.05) is 29.8 Å². The summed E-state index contributed by atoms with van der Waals surface area (Å²) in [5.74, 6) is 0.